The molecule has 0 saturated heterocycles. The van der Waals surface area contributed by atoms with Crippen molar-refractivity contribution in [2.24, 2.45) is 0 Å². The third-order valence-corrected chi connectivity index (χ3v) is 13.3. The number of hydrogen-bond acceptors (Lipinski definition) is 11. The summed E-state index contributed by atoms with van der Waals surface area (Å²) in [6, 6.07) is -1.24. The Bertz CT molecular complexity index is 1180. The Kier molecular flexibility index (Phi) is 36.9. The van der Waals surface area contributed by atoms with Crippen LogP contribution in [0.5, 0.6) is 0 Å². The highest BCUT2D eigenvalue weighted by Crippen LogP contribution is 2.47. The van der Waals surface area contributed by atoms with Gasteiger partial charge in [-0.15, -0.1) is 0 Å². The van der Waals surface area contributed by atoms with Gasteiger partial charge in [-0.05, 0) is 44.9 Å². The van der Waals surface area contributed by atoms with Gasteiger partial charge in [0.25, 0.3) is 0 Å². The summed E-state index contributed by atoms with van der Waals surface area (Å²) in [6.45, 7) is 3.75. The van der Waals surface area contributed by atoms with Gasteiger partial charge in [0, 0.05) is 0 Å². The fraction of sp³-hybridized carbons (Fsp3) is 0.898. The topological polar surface area (TPSA) is 226 Å². The first kappa shape index (κ1) is 59.8. The Morgan fingerprint density at radius 2 is 0.921 bits per heavy atom. The van der Waals surface area contributed by atoms with Crippen molar-refractivity contribution in [3.63, 3.8) is 0 Å². The molecule has 0 aliphatic heterocycles. The van der Waals surface area contributed by atoms with E-state index < -0.39 is 75.2 Å². The first-order valence-electron chi connectivity index (χ1n) is 25.4. The van der Waals surface area contributed by atoms with Crippen molar-refractivity contribution in [1.82, 2.24) is 5.32 Å². The summed E-state index contributed by atoms with van der Waals surface area (Å²) in [5, 5.41) is 74.6. The number of phosphoric ester groups is 1. The summed E-state index contributed by atoms with van der Waals surface area (Å²) >= 11 is 0. The molecule has 0 spiro atoms. The molecule has 1 aliphatic rings. The number of unbranched alkanes of at least 4 members (excludes halogenated alkanes) is 27. The summed E-state index contributed by atoms with van der Waals surface area (Å²) in [7, 11) is -5.14. The predicted octanol–water partition coefficient (Wildman–Crippen LogP) is 9.15. The van der Waals surface area contributed by atoms with Gasteiger partial charge in [-0.25, -0.2) is 4.57 Å². The lowest BCUT2D eigenvalue weighted by Gasteiger charge is -2.41. The molecular formula is C49H94NO12P. The van der Waals surface area contributed by atoms with E-state index in [1.165, 1.54) is 128 Å². The van der Waals surface area contributed by atoms with Crippen LogP contribution in [0.2, 0.25) is 0 Å². The standard InChI is InChI=1S/C49H94NO12P/c1-3-5-7-9-11-13-15-17-19-20-21-23-25-27-29-31-33-35-37-42(52)41(39-61-63(59,60)62-49-47(57)45(55)44(54)46(56)48(49)58)50-43(53)38-40(51)36-34-32-30-28-26-24-22-18-16-14-12-10-8-6-4-2/h18,22,35,37,40-42,44-49,51-52,54-58H,3-17,19-21,23-34,36,38-39H2,1-2H3,(H,50,53)(H,59,60)/b22-18-,37-35+. The number of aliphatic hydroxyl groups is 7. The Morgan fingerprint density at radius 1 is 0.556 bits per heavy atom. The molecule has 0 radical (unpaired) electrons. The van der Waals surface area contributed by atoms with E-state index in [1.807, 2.05) is 0 Å². The number of phosphoric acid groups is 1. The molecule has 0 aromatic rings. The van der Waals surface area contributed by atoms with E-state index in [1.54, 1.807) is 6.08 Å². The molecule has 1 rings (SSSR count). The molecule has 8 atom stereocenters. The highest BCUT2D eigenvalue weighted by atomic mass is 31.2. The maximum absolute atomic E-state index is 13.0. The molecule has 0 bridgehead atoms. The third kappa shape index (κ3) is 30.6. The normalized spacial score (nSPS) is 23.0. The zero-order chi connectivity index (χ0) is 46.6. The maximum Gasteiger partial charge on any atom is 0.472 e. The molecule has 63 heavy (non-hydrogen) atoms. The fourth-order valence-corrected chi connectivity index (χ4v) is 9.09. The third-order valence-electron chi connectivity index (χ3n) is 12.3. The minimum absolute atomic E-state index is 0.249. The molecule has 0 heterocycles. The van der Waals surface area contributed by atoms with Gasteiger partial charge < -0.3 is 46.0 Å². The fourth-order valence-electron chi connectivity index (χ4n) is 8.12. The van der Waals surface area contributed by atoms with Gasteiger partial charge in [-0.3, -0.25) is 13.8 Å². The second-order valence-electron chi connectivity index (χ2n) is 18.2. The Morgan fingerprint density at radius 3 is 1.35 bits per heavy atom. The van der Waals surface area contributed by atoms with Crippen molar-refractivity contribution in [2.45, 2.75) is 274 Å². The highest BCUT2D eigenvalue weighted by Gasteiger charge is 2.51. The van der Waals surface area contributed by atoms with Crippen LogP contribution in [0.4, 0.5) is 0 Å². The van der Waals surface area contributed by atoms with Crippen molar-refractivity contribution in [1.29, 1.82) is 0 Å². The van der Waals surface area contributed by atoms with E-state index in [-0.39, 0.29) is 6.42 Å². The van der Waals surface area contributed by atoms with Crippen molar-refractivity contribution in [3.05, 3.63) is 24.3 Å². The molecule has 0 aromatic heterocycles. The van der Waals surface area contributed by atoms with Crippen molar-refractivity contribution in [3.8, 4) is 0 Å². The largest absolute Gasteiger partial charge is 0.472 e. The number of amides is 1. The zero-order valence-corrected chi connectivity index (χ0v) is 40.4. The Hall–Kier alpha value is -1.22. The van der Waals surface area contributed by atoms with Crippen molar-refractivity contribution >= 4 is 13.7 Å². The predicted molar refractivity (Wildman–Crippen MR) is 252 cm³/mol. The summed E-state index contributed by atoms with van der Waals surface area (Å²) in [6.07, 6.45) is 29.7. The molecule has 1 aliphatic carbocycles. The summed E-state index contributed by atoms with van der Waals surface area (Å²) in [5.74, 6) is -0.596. The molecule has 1 amide bonds. The number of allylic oxidation sites excluding steroid dienone is 3. The van der Waals surface area contributed by atoms with Crippen LogP contribution >= 0.6 is 7.82 Å². The number of aliphatic hydroxyl groups excluding tert-OH is 7. The van der Waals surface area contributed by atoms with E-state index in [2.05, 4.69) is 31.3 Å². The SMILES string of the molecule is CCCCCCCC/C=C\CCCCCCCC(O)CC(=O)NC(COP(=O)(O)OC1C(O)C(O)C(O)C(O)C1O)C(O)/C=C/CCCCCCCCCCCCCCCCCC. The number of hydrogen-bond donors (Lipinski definition) is 9. The van der Waals surface area contributed by atoms with Crippen LogP contribution < -0.4 is 5.32 Å². The summed E-state index contributed by atoms with van der Waals surface area (Å²) in [4.78, 5) is 23.5. The average molecular weight is 920 g/mol. The van der Waals surface area contributed by atoms with E-state index in [4.69, 9.17) is 9.05 Å². The van der Waals surface area contributed by atoms with Crippen molar-refractivity contribution < 1.29 is 59.0 Å². The van der Waals surface area contributed by atoms with Gasteiger partial charge in [0.15, 0.2) is 0 Å². The van der Waals surface area contributed by atoms with Crippen LogP contribution in [0.15, 0.2) is 24.3 Å². The smallest absolute Gasteiger partial charge is 0.393 e. The molecule has 14 heteroatoms. The lowest BCUT2D eigenvalue weighted by molar-refractivity contribution is -0.220. The Balaban J connectivity index is 2.51. The summed E-state index contributed by atoms with van der Waals surface area (Å²) < 4.78 is 22.9. The van der Waals surface area contributed by atoms with Gasteiger partial charge in [0.1, 0.15) is 36.6 Å². The molecule has 1 saturated carbocycles. The lowest BCUT2D eigenvalue weighted by Crippen LogP contribution is -2.64. The van der Waals surface area contributed by atoms with E-state index in [0.29, 0.717) is 12.8 Å². The second-order valence-corrected chi connectivity index (χ2v) is 19.6. The minimum atomic E-state index is -5.14. The molecule has 8 unspecified atom stereocenters. The van der Waals surface area contributed by atoms with Crippen LogP contribution in [-0.4, -0.2) is 108 Å². The Labute approximate surface area is 382 Å². The van der Waals surface area contributed by atoms with Gasteiger partial charge in [-0.1, -0.05) is 192 Å². The van der Waals surface area contributed by atoms with Crippen LogP contribution in [0, 0.1) is 0 Å². The van der Waals surface area contributed by atoms with E-state index in [0.717, 1.165) is 64.2 Å². The van der Waals surface area contributed by atoms with Crippen LogP contribution in [0.3, 0.4) is 0 Å². The molecule has 13 nitrogen and oxygen atoms in total. The lowest BCUT2D eigenvalue weighted by atomic mass is 9.85. The number of carbonyl (C=O) groups is 1. The van der Waals surface area contributed by atoms with Crippen LogP contribution in [-0.2, 0) is 18.4 Å². The van der Waals surface area contributed by atoms with Crippen molar-refractivity contribution in [2.75, 3.05) is 6.61 Å². The molecule has 1 fully saturated rings. The van der Waals surface area contributed by atoms with E-state index >= 15 is 0 Å². The molecule has 0 aromatic carbocycles. The number of carbonyl (C=O) groups excluding carboxylic acids is 1. The summed E-state index contributed by atoms with van der Waals surface area (Å²) in [5.41, 5.74) is 0. The van der Waals surface area contributed by atoms with Crippen LogP contribution in [0.1, 0.15) is 219 Å². The highest BCUT2D eigenvalue weighted by molar-refractivity contribution is 7.47. The van der Waals surface area contributed by atoms with Gasteiger partial charge in [0.2, 0.25) is 5.91 Å². The average Bonchev–Trinajstić information content (AvgIpc) is 3.26. The molecular weight excluding hydrogens is 826 g/mol. The first-order chi connectivity index (χ1) is 30.3. The number of nitrogens with one attached hydrogen (secondary N) is 1. The van der Waals surface area contributed by atoms with Gasteiger partial charge in [0.05, 0.1) is 31.3 Å². The van der Waals surface area contributed by atoms with Gasteiger partial charge in [-0.2, -0.15) is 0 Å². The van der Waals surface area contributed by atoms with Crippen LogP contribution in [0.25, 0.3) is 0 Å². The maximum atomic E-state index is 13.0. The monoisotopic (exact) mass is 920 g/mol. The molecule has 9 N–H and O–H groups in total. The van der Waals surface area contributed by atoms with Gasteiger partial charge >= 0.3 is 7.82 Å². The first-order valence-corrected chi connectivity index (χ1v) is 26.9. The zero-order valence-electron chi connectivity index (χ0n) is 39.5. The quantitative estimate of drug-likeness (QED) is 0.0159. The molecule has 372 valence electrons. The number of rotatable bonds is 42. The van der Waals surface area contributed by atoms with E-state index in [9.17, 15) is 50.0 Å². The minimum Gasteiger partial charge on any atom is -0.393 e. The second kappa shape index (κ2) is 38.8.